The maximum atomic E-state index is 15.2. The average Bonchev–Trinajstić information content (AvgIpc) is 3.08. The Morgan fingerprint density at radius 2 is 1.83 bits per heavy atom. The monoisotopic (exact) mass is 626 g/mol. The van der Waals surface area contributed by atoms with Crippen molar-refractivity contribution in [1.29, 1.82) is 0 Å². The van der Waals surface area contributed by atoms with Crippen LogP contribution in [0.5, 0.6) is 0 Å². The molecular formula is C28H30Cl2F2N4O4S. The molecule has 2 aromatic carbocycles. The first-order chi connectivity index (χ1) is 19.3. The lowest BCUT2D eigenvalue weighted by Gasteiger charge is -2.41. The maximum absolute atomic E-state index is 15.2. The fourth-order valence-corrected chi connectivity index (χ4v) is 7.04. The number of aromatic nitrogens is 2. The topological polar surface area (TPSA) is 76.9 Å². The van der Waals surface area contributed by atoms with E-state index in [-0.39, 0.29) is 34.3 Å². The van der Waals surface area contributed by atoms with Crippen molar-refractivity contribution >= 4 is 57.8 Å². The lowest BCUT2D eigenvalue weighted by Crippen LogP contribution is -2.55. The largest absolute Gasteiger partial charge is 0.444 e. The first kappa shape index (κ1) is 29.9. The highest BCUT2D eigenvalue weighted by Crippen LogP contribution is 2.47. The Balaban J connectivity index is 1.67. The van der Waals surface area contributed by atoms with E-state index in [0.29, 0.717) is 52.6 Å². The third kappa shape index (κ3) is 5.74. The quantitative estimate of drug-likeness (QED) is 0.320. The van der Waals surface area contributed by atoms with Gasteiger partial charge in [-0.05, 0) is 39.8 Å². The number of rotatable bonds is 3. The molecule has 5 rings (SSSR count). The van der Waals surface area contributed by atoms with Gasteiger partial charge in [0.05, 0.1) is 28.2 Å². The molecule has 0 N–H and O–H groups in total. The molecule has 220 valence electrons. The number of thioether (sulfide) groups is 1. The lowest BCUT2D eigenvalue weighted by molar-refractivity contribution is 0.0218. The van der Waals surface area contributed by atoms with Gasteiger partial charge in [-0.1, -0.05) is 23.2 Å². The van der Waals surface area contributed by atoms with Gasteiger partial charge in [0.25, 0.3) is 0 Å². The summed E-state index contributed by atoms with van der Waals surface area (Å²) in [5, 5.41) is 0.553. The maximum Gasteiger partial charge on any atom is 0.410 e. The van der Waals surface area contributed by atoms with Crippen LogP contribution in [0.2, 0.25) is 10.0 Å². The van der Waals surface area contributed by atoms with Crippen LogP contribution in [0.25, 0.3) is 22.0 Å². The first-order valence-corrected chi connectivity index (χ1v) is 14.8. The van der Waals surface area contributed by atoms with Crippen LogP contribution >= 0.6 is 35.0 Å². The lowest BCUT2D eigenvalue weighted by atomic mass is 10.0. The molecule has 0 bridgehead atoms. The molecule has 41 heavy (non-hydrogen) atoms. The SMILES string of the molecule is CO[C@H]1CSc2c(-c3cc(Cl)c(F)cc3F)c(Cl)cc3c(N4CCN(C(=O)OC(C)(C)C)C[C@@H]4C)nc(=O)n(c23)C1. The summed E-state index contributed by atoms with van der Waals surface area (Å²) in [6, 6.07) is 3.38. The van der Waals surface area contributed by atoms with Crippen molar-refractivity contribution in [3.63, 3.8) is 0 Å². The van der Waals surface area contributed by atoms with E-state index in [1.54, 1.807) is 18.1 Å². The summed E-state index contributed by atoms with van der Waals surface area (Å²) in [6.07, 6.45) is -0.731. The van der Waals surface area contributed by atoms with Crippen LogP contribution in [0.15, 0.2) is 27.9 Å². The molecule has 3 heterocycles. The summed E-state index contributed by atoms with van der Waals surface area (Å²) < 4.78 is 41.9. The van der Waals surface area contributed by atoms with Crippen LogP contribution < -0.4 is 10.6 Å². The number of benzene rings is 2. The summed E-state index contributed by atoms with van der Waals surface area (Å²) in [5.41, 5.74) is -0.244. The number of methoxy groups -OCH3 is 1. The molecule has 2 aliphatic heterocycles. The predicted octanol–water partition coefficient (Wildman–Crippen LogP) is 6.21. The van der Waals surface area contributed by atoms with Crippen LogP contribution in [0, 0.1) is 11.6 Å². The van der Waals surface area contributed by atoms with Gasteiger partial charge >= 0.3 is 11.8 Å². The van der Waals surface area contributed by atoms with Gasteiger partial charge in [-0.25, -0.2) is 18.4 Å². The van der Waals surface area contributed by atoms with E-state index < -0.39 is 29.0 Å². The number of carbonyl (C=O) groups excluding carboxylic acids is 1. The second kappa shape index (κ2) is 11.2. The molecule has 0 unspecified atom stereocenters. The van der Waals surface area contributed by atoms with Gasteiger partial charge in [-0.15, -0.1) is 11.8 Å². The van der Waals surface area contributed by atoms with Crippen LogP contribution in [-0.2, 0) is 16.0 Å². The molecule has 8 nitrogen and oxygen atoms in total. The summed E-state index contributed by atoms with van der Waals surface area (Å²) in [5.74, 6) is -0.837. The molecule has 1 amide bonds. The minimum absolute atomic E-state index is 0.0263. The zero-order chi connectivity index (χ0) is 29.8. The number of piperazine rings is 1. The van der Waals surface area contributed by atoms with Crippen LogP contribution in [0.4, 0.5) is 19.4 Å². The molecule has 1 fully saturated rings. The number of amides is 1. The minimum Gasteiger partial charge on any atom is -0.444 e. The number of hydrogen-bond acceptors (Lipinski definition) is 7. The van der Waals surface area contributed by atoms with Crippen molar-refractivity contribution < 1.29 is 23.0 Å². The van der Waals surface area contributed by atoms with Gasteiger partial charge in [0.2, 0.25) is 0 Å². The highest BCUT2D eigenvalue weighted by atomic mass is 35.5. The van der Waals surface area contributed by atoms with Gasteiger partial charge in [0.1, 0.15) is 23.1 Å². The first-order valence-electron chi connectivity index (χ1n) is 13.1. The Morgan fingerprint density at radius 1 is 1.10 bits per heavy atom. The molecule has 1 saturated heterocycles. The second-order valence-electron chi connectivity index (χ2n) is 11.2. The second-order valence-corrected chi connectivity index (χ2v) is 13.0. The zero-order valence-electron chi connectivity index (χ0n) is 23.3. The van der Waals surface area contributed by atoms with E-state index >= 15 is 4.39 Å². The third-order valence-electron chi connectivity index (χ3n) is 7.11. The van der Waals surface area contributed by atoms with E-state index in [1.165, 1.54) is 22.4 Å². The molecule has 2 atom stereocenters. The number of anilines is 1. The van der Waals surface area contributed by atoms with E-state index in [1.807, 2.05) is 32.6 Å². The Hall–Kier alpha value is -2.60. The number of halogens is 4. The highest BCUT2D eigenvalue weighted by molar-refractivity contribution is 7.99. The van der Waals surface area contributed by atoms with Gasteiger partial charge in [0, 0.05) is 66.0 Å². The van der Waals surface area contributed by atoms with E-state index in [0.717, 1.165) is 6.07 Å². The van der Waals surface area contributed by atoms with Gasteiger partial charge < -0.3 is 19.3 Å². The number of nitrogens with zero attached hydrogens (tertiary/aromatic N) is 4. The van der Waals surface area contributed by atoms with Gasteiger partial charge in [-0.2, -0.15) is 4.98 Å². The fourth-order valence-electron chi connectivity index (χ4n) is 5.20. The molecule has 0 spiro atoms. The number of hydrogen-bond donors (Lipinski definition) is 0. The smallest absolute Gasteiger partial charge is 0.410 e. The zero-order valence-corrected chi connectivity index (χ0v) is 25.6. The van der Waals surface area contributed by atoms with Crippen molar-refractivity contribution in [2.24, 2.45) is 0 Å². The minimum atomic E-state index is -0.884. The Labute approximate surface area is 250 Å². The Kier molecular flexibility index (Phi) is 8.19. The van der Waals surface area contributed by atoms with E-state index in [9.17, 15) is 14.0 Å². The average molecular weight is 628 g/mol. The van der Waals surface area contributed by atoms with Crippen LogP contribution in [0.1, 0.15) is 27.7 Å². The fraction of sp³-hybridized carbons (Fsp3) is 0.464. The summed E-state index contributed by atoms with van der Waals surface area (Å²) in [6.45, 7) is 8.74. The van der Waals surface area contributed by atoms with E-state index in [4.69, 9.17) is 32.7 Å². The van der Waals surface area contributed by atoms with E-state index in [2.05, 4.69) is 4.98 Å². The standard InChI is InChI=1S/C28H30Cl2F2N4O4S/c1-14-11-34(27(38)40-28(2,3)4)6-7-35(14)25-17-9-19(30)22(16-8-18(29)21(32)10-20(16)31)24-23(17)36(26(37)33-25)12-15(39-5)13-41-24/h8-10,14-15H,6-7,11-13H2,1-5H3/t14-,15+/m0/s1. The third-order valence-corrected chi connectivity index (χ3v) is 8.93. The van der Waals surface area contributed by atoms with Crippen LogP contribution in [-0.4, -0.2) is 70.8 Å². The molecule has 2 aliphatic rings. The van der Waals surface area contributed by atoms with Crippen molar-refractivity contribution in [3.8, 4) is 11.1 Å². The normalized spacial score (nSPS) is 19.4. The van der Waals surface area contributed by atoms with Crippen molar-refractivity contribution in [2.45, 2.75) is 56.9 Å². The Morgan fingerprint density at radius 3 is 2.49 bits per heavy atom. The predicted molar refractivity (Wildman–Crippen MR) is 158 cm³/mol. The molecule has 1 aromatic heterocycles. The van der Waals surface area contributed by atoms with Crippen molar-refractivity contribution in [1.82, 2.24) is 14.5 Å². The number of ether oxygens (including phenoxy) is 2. The molecule has 0 saturated carbocycles. The van der Waals surface area contributed by atoms with Crippen molar-refractivity contribution in [2.75, 3.05) is 37.4 Å². The van der Waals surface area contributed by atoms with Crippen molar-refractivity contribution in [3.05, 3.63) is 50.4 Å². The summed E-state index contributed by atoms with van der Waals surface area (Å²) >= 11 is 14.3. The molecule has 0 aliphatic carbocycles. The number of carbonyl (C=O) groups is 1. The van der Waals surface area contributed by atoms with Crippen LogP contribution in [0.3, 0.4) is 0 Å². The highest BCUT2D eigenvalue weighted by Gasteiger charge is 2.34. The molecular weight excluding hydrogens is 597 g/mol. The summed E-state index contributed by atoms with van der Waals surface area (Å²) in [7, 11) is 1.56. The molecule has 13 heteroatoms. The van der Waals surface area contributed by atoms with Gasteiger partial charge in [-0.3, -0.25) is 4.57 Å². The van der Waals surface area contributed by atoms with Gasteiger partial charge in [0.15, 0.2) is 0 Å². The Bertz CT molecular complexity index is 1600. The molecule has 3 aromatic rings. The molecule has 0 radical (unpaired) electrons. The summed E-state index contributed by atoms with van der Waals surface area (Å²) in [4.78, 5) is 34.9.